The van der Waals surface area contributed by atoms with E-state index in [9.17, 15) is 0 Å². The smallest absolute Gasteiger partial charge is 0.191 e. The highest BCUT2D eigenvalue weighted by Gasteiger charge is 2.03. The average molecular weight is 365 g/mol. The van der Waals surface area contributed by atoms with E-state index in [0.717, 1.165) is 62.3 Å². The van der Waals surface area contributed by atoms with Crippen molar-refractivity contribution in [2.75, 3.05) is 26.3 Å². The molecule has 0 unspecified atom stereocenters. The molecule has 0 saturated carbocycles. The van der Waals surface area contributed by atoms with Gasteiger partial charge in [-0.2, -0.15) is 0 Å². The molecular formula is C18H28N4O2S. The van der Waals surface area contributed by atoms with Crippen LogP contribution in [-0.2, 0) is 24.1 Å². The first-order chi connectivity index (χ1) is 12.3. The van der Waals surface area contributed by atoms with Crippen LogP contribution in [0.5, 0.6) is 0 Å². The molecule has 0 atom stereocenters. The van der Waals surface area contributed by atoms with Crippen molar-refractivity contribution in [1.29, 1.82) is 0 Å². The molecule has 6 nitrogen and oxygen atoms in total. The summed E-state index contributed by atoms with van der Waals surface area (Å²) in [6.07, 6.45) is 6.43. The first-order valence-corrected chi connectivity index (χ1v) is 9.69. The van der Waals surface area contributed by atoms with Gasteiger partial charge in [-0.1, -0.05) is 6.92 Å². The molecule has 0 aliphatic heterocycles. The van der Waals surface area contributed by atoms with Crippen molar-refractivity contribution >= 4 is 17.3 Å². The molecule has 0 radical (unpaired) electrons. The van der Waals surface area contributed by atoms with E-state index in [2.05, 4.69) is 27.5 Å². The molecule has 2 rings (SSSR count). The normalized spacial score (nSPS) is 11.7. The number of hydrogen-bond acceptors (Lipinski definition) is 5. The number of aryl methyl sites for hydroxylation is 1. The molecule has 2 heterocycles. The minimum atomic E-state index is 0.589. The molecule has 0 bridgehead atoms. The first-order valence-electron chi connectivity index (χ1n) is 8.87. The van der Waals surface area contributed by atoms with Crippen LogP contribution in [0.2, 0.25) is 0 Å². The maximum atomic E-state index is 5.37. The van der Waals surface area contributed by atoms with Crippen LogP contribution < -0.4 is 10.6 Å². The molecular weight excluding hydrogens is 336 g/mol. The van der Waals surface area contributed by atoms with Crippen LogP contribution in [0.15, 0.2) is 34.0 Å². The van der Waals surface area contributed by atoms with E-state index in [-0.39, 0.29) is 0 Å². The molecule has 0 aromatic carbocycles. The van der Waals surface area contributed by atoms with Crippen molar-refractivity contribution in [3.63, 3.8) is 0 Å². The summed E-state index contributed by atoms with van der Waals surface area (Å²) in [5.74, 6) is 1.77. The molecule has 138 valence electrons. The maximum absolute atomic E-state index is 5.37. The molecule has 0 aliphatic carbocycles. The fourth-order valence-electron chi connectivity index (χ4n) is 2.19. The lowest BCUT2D eigenvalue weighted by atomic mass is 10.3. The van der Waals surface area contributed by atoms with Gasteiger partial charge in [-0.3, -0.25) is 0 Å². The highest BCUT2D eigenvalue weighted by molar-refractivity contribution is 7.11. The molecule has 0 saturated heterocycles. The van der Waals surface area contributed by atoms with Gasteiger partial charge in [0.15, 0.2) is 5.96 Å². The number of thiazole rings is 1. The summed E-state index contributed by atoms with van der Waals surface area (Å²) in [7, 11) is 0. The van der Waals surface area contributed by atoms with E-state index < -0.39 is 0 Å². The fourth-order valence-corrected chi connectivity index (χ4v) is 2.98. The average Bonchev–Trinajstić information content (AvgIpc) is 3.30. The lowest BCUT2D eigenvalue weighted by Crippen LogP contribution is -2.39. The Morgan fingerprint density at radius 3 is 2.92 bits per heavy atom. The predicted molar refractivity (Wildman–Crippen MR) is 102 cm³/mol. The van der Waals surface area contributed by atoms with E-state index >= 15 is 0 Å². The van der Waals surface area contributed by atoms with Gasteiger partial charge in [0.05, 0.1) is 12.8 Å². The second kappa shape index (κ2) is 11.7. The number of nitrogens with zero attached hydrogens (tertiary/aromatic N) is 2. The monoisotopic (exact) mass is 364 g/mol. The third kappa shape index (κ3) is 7.70. The number of furan rings is 1. The Labute approximate surface area is 153 Å². The summed E-state index contributed by atoms with van der Waals surface area (Å²) in [5, 5.41) is 7.75. The van der Waals surface area contributed by atoms with Crippen LogP contribution in [0.1, 0.15) is 35.9 Å². The van der Waals surface area contributed by atoms with Crippen molar-refractivity contribution in [2.45, 2.75) is 39.7 Å². The summed E-state index contributed by atoms with van der Waals surface area (Å²) >= 11 is 1.72. The summed E-state index contributed by atoms with van der Waals surface area (Å²) in [6, 6.07) is 3.89. The van der Waals surface area contributed by atoms with Gasteiger partial charge in [0.2, 0.25) is 0 Å². The van der Waals surface area contributed by atoms with Crippen LogP contribution in [-0.4, -0.2) is 37.2 Å². The first kappa shape index (κ1) is 19.5. The third-order valence-corrected chi connectivity index (χ3v) is 4.65. The molecule has 7 heteroatoms. The van der Waals surface area contributed by atoms with Crippen LogP contribution >= 0.6 is 11.3 Å². The van der Waals surface area contributed by atoms with E-state index in [4.69, 9.17) is 9.15 Å². The molecule has 0 spiro atoms. The Kier molecular flexibility index (Phi) is 9.07. The second-order valence-corrected chi connectivity index (χ2v) is 6.67. The maximum Gasteiger partial charge on any atom is 0.191 e. The highest BCUT2D eigenvalue weighted by atomic mass is 32.1. The number of guanidine groups is 1. The Morgan fingerprint density at radius 2 is 2.20 bits per heavy atom. The molecule has 0 amide bonds. The summed E-state index contributed by atoms with van der Waals surface area (Å²) < 4.78 is 10.7. The standard InChI is InChI=1S/C18H28N4O2S/c1-3-16-13-21-17(25-16)14-22-18(19-9-6-11-23-4-2)20-10-8-15-7-5-12-24-15/h5,7,12-13H,3-4,6,8-11,14H2,1-2H3,(H2,19,20,22). The minimum Gasteiger partial charge on any atom is -0.469 e. The van der Waals surface area contributed by atoms with E-state index in [1.54, 1.807) is 17.6 Å². The molecule has 2 aromatic rings. The number of aromatic nitrogens is 1. The van der Waals surface area contributed by atoms with Crippen molar-refractivity contribution in [3.8, 4) is 0 Å². The number of hydrogen-bond donors (Lipinski definition) is 2. The van der Waals surface area contributed by atoms with Gasteiger partial charge >= 0.3 is 0 Å². The lowest BCUT2D eigenvalue weighted by molar-refractivity contribution is 0.145. The quantitative estimate of drug-likeness (QED) is 0.364. The third-order valence-electron chi connectivity index (χ3n) is 3.53. The van der Waals surface area contributed by atoms with Gasteiger partial charge in [-0.15, -0.1) is 11.3 Å². The lowest BCUT2D eigenvalue weighted by Gasteiger charge is -2.12. The summed E-state index contributed by atoms with van der Waals surface area (Å²) in [5.41, 5.74) is 0. The van der Waals surface area contributed by atoms with E-state index in [1.807, 2.05) is 25.3 Å². The van der Waals surface area contributed by atoms with Crippen molar-refractivity contribution in [1.82, 2.24) is 15.6 Å². The highest BCUT2D eigenvalue weighted by Crippen LogP contribution is 2.13. The summed E-state index contributed by atoms with van der Waals surface area (Å²) in [4.78, 5) is 10.4. The van der Waals surface area contributed by atoms with Crippen molar-refractivity contribution in [3.05, 3.63) is 40.2 Å². The number of aliphatic imine (C=N–C) groups is 1. The zero-order valence-corrected chi connectivity index (χ0v) is 15.9. The Balaban J connectivity index is 1.81. The van der Waals surface area contributed by atoms with E-state index in [1.165, 1.54) is 4.88 Å². The Hall–Kier alpha value is -1.86. The topological polar surface area (TPSA) is 71.7 Å². The Morgan fingerprint density at radius 1 is 1.32 bits per heavy atom. The largest absolute Gasteiger partial charge is 0.469 e. The fraction of sp³-hybridized carbons (Fsp3) is 0.556. The zero-order chi connectivity index (χ0) is 17.7. The van der Waals surface area contributed by atoms with Crippen molar-refractivity contribution < 1.29 is 9.15 Å². The van der Waals surface area contributed by atoms with Crippen molar-refractivity contribution in [2.24, 2.45) is 4.99 Å². The minimum absolute atomic E-state index is 0.589. The molecule has 0 fully saturated rings. The van der Waals surface area contributed by atoms with Crippen LogP contribution in [0, 0.1) is 0 Å². The SMILES string of the molecule is CCOCCCNC(=NCc1ncc(CC)s1)NCCc1ccco1. The molecule has 0 aliphatic rings. The molecule has 2 N–H and O–H groups in total. The van der Waals surface area contributed by atoms with Gasteiger partial charge in [0.25, 0.3) is 0 Å². The molecule has 2 aromatic heterocycles. The van der Waals surface area contributed by atoms with E-state index in [0.29, 0.717) is 6.54 Å². The summed E-state index contributed by atoms with van der Waals surface area (Å²) in [6.45, 7) is 7.85. The number of ether oxygens (including phenoxy) is 1. The van der Waals surface area contributed by atoms with Crippen LogP contribution in [0.25, 0.3) is 0 Å². The Bertz CT molecular complexity index is 610. The van der Waals surface area contributed by atoms with Gasteiger partial charge in [0, 0.05) is 43.8 Å². The molecule has 25 heavy (non-hydrogen) atoms. The van der Waals surface area contributed by atoms with Gasteiger partial charge < -0.3 is 19.8 Å². The number of nitrogens with one attached hydrogen (secondary N) is 2. The van der Waals surface area contributed by atoms with Gasteiger partial charge in [-0.25, -0.2) is 9.98 Å². The number of rotatable bonds is 11. The second-order valence-electron chi connectivity index (χ2n) is 5.47. The van der Waals surface area contributed by atoms with Gasteiger partial charge in [0.1, 0.15) is 10.8 Å². The van der Waals surface area contributed by atoms with Gasteiger partial charge in [-0.05, 0) is 31.9 Å². The zero-order valence-electron chi connectivity index (χ0n) is 15.1. The predicted octanol–water partition coefficient (Wildman–Crippen LogP) is 3.00. The van der Waals surface area contributed by atoms with Crippen LogP contribution in [0.4, 0.5) is 0 Å². The van der Waals surface area contributed by atoms with Crippen LogP contribution in [0.3, 0.4) is 0 Å².